The summed E-state index contributed by atoms with van der Waals surface area (Å²) in [4.78, 5) is 9.25. The normalized spacial score (nSPS) is 15.7. The van der Waals surface area contributed by atoms with Crippen molar-refractivity contribution in [3.63, 3.8) is 0 Å². The first-order chi connectivity index (χ1) is 11.8. The number of ether oxygens (including phenoxy) is 1. The van der Waals surface area contributed by atoms with Crippen LogP contribution in [0.15, 0.2) is 28.8 Å². The van der Waals surface area contributed by atoms with E-state index in [2.05, 4.69) is 39.0 Å². The molecular formula is C18H26N4O2. The van der Waals surface area contributed by atoms with Crippen molar-refractivity contribution in [3.8, 4) is 5.75 Å². The summed E-state index contributed by atoms with van der Waals surface area (Å²) in [5.41, 5.74) is 1.22. The van der Waals surface area contributed by atoms with Crippen LogP contribution in [-0.2, 0) is 13.0 Å². The van der Waals surface area contributed by atoms with Gasteiger partial charge in [-0.05, 0) is 18.6 Å². The number of anilines is 1. The summed E-state index contributed by atoms with van der Waals surface area (Å²) in [5, 5.41) is 4.06. The molecule has 1 fully saturated rings. The average Bonchev–Trinajstić information content (AvgIpc) is 3.08. The van der Waals surface area contributed by atoms with Crippen LogP contribution < -0.4 is 9.64 Å². The summed E-state index contributed by atoms with van der Waals surface area (Å²) in [6.07, 6.45) is 3.16. The molecule has 24 heavy (non-hydrogen) atoms. The van der Waals surface area contributed by atoms with E-state index in [9.17, 15) is 0 Å². The Morgan fingerprint density at radius 3 is 2.79 bits per heavy atom. The highest BCUT2D eigenvalue weighted by Gasteiger charge is 2.19. The van der Waals surface area contributed by atoms with Crippen LogP contribution in [0.5, 0.6) is 5.75 Å². The second-order valence-electron chi connectivity index (χ2n) is 6.17. The van der Waals surface area contributed by atoms with Crippen molar-refractivity contribution in [2.24, 2.45) is 0 Å². The number of unbranched alkanes of at least 4 members (excludes halogenated alkanes) is 1. The van der Waals surface area contributed by atoms with Crippen LogP contribution in [0.3, 0.4) is 0 Å². The first kappa shape index (κ1) is 16.8. The van der Waals surface area contributed by atoms with Crippen LogP contribution in [0, 0.1) is 0 Å². The third-order valence-corrected chi connectivity index (χ3v) is 4.41. The molecule has 1 aromatic carbocycles. The number of nitrogens with zero attached hydrogens (tertiary/aromatic N) is 4. The van der Waals surface area contributed by atoms with Gasteiger partial charge in [-0.25, -0.2) is 0 Å². The van der Waals surface area contributed by atoms with Crippen LogP contribution in [0.4, 0.5) is 5.69 Å². The predicted octanol–water partition coefficient (Wildman–Crippen LogP) is 2.74. The Balaban J connectivity index is 1.50. The number of benzene rings is 1. The van der Waals surface area contributed by atoms with Crippen LogP contribution in [0.2, 0.25) is 0 Å². The highest BCUT2D eigenvalue weighted by Crippen LogP contribution is 2.22. The van der Waals surface area contributed by atoms with E-state index in [1.165, 1.54) is 5.69 Å². The number of aryl methyl sites for hydroxylation is 1. The van der Waals surface area contributed by atoms with Crippen LogP contribution in [0.25, 0.3) is 0 Å². The van der Waals surface area contributed by atoms with Crippen molar-refractivity contribution in [3.05, 3.63) is 36.0 Å². The van der Waals surface area contributed by atoms with E-state index in [-0.39, 0.29) is 0 Å². The first-order valence-corrected chi connectivity index (χ1v) is 8.71. The van der Waals surface area contributed by atoms with Gasteiger partial charge in [-0.1, -0.05) is 24.6 Å². The zero-order chi connectivity index (χ0) is 16.8. The van der Waals surface area contributed by atoms with E-state index in [0.29, 0.717) is 0 Å². The van der Waals surface area contributed by atoms with Gasteiger partial charge in [0.2, 0.25) is 5.89 Å². The standard InChI is InChI=1S/C18H26N4O2/c1-3-4-8-17-19-18(24-20-17)14-21-9-11-22(12-10-21)15-6-5-7-16(13-15)23-2/h5-7,13H,3-4,8-12,14H2,1-2H3. The lowest BCUT2D eigenvalue weighted by molar-refractivity contribution is 0.215. The smallest absolute Gasteiger partial charge is 0.240 e. The van der Waals surface area contributed by atoms with E-state index in [1.54, 1.807) is 7.11 Å². The Morgan fingerprint density at radius 1 is 1.21 bits per heavy atom. The third kappa shape index (κ3) is 4.26. The predicted molar refractivity (Wildman–Crippen MR) is 93.4 cm³/mol. The Bertz CT molecular complexity index is 635. The minimum absolute atomic E-state index is 0.732. The fraction of sp³-hybridized carbons (Fsp3) is 0.556. The molecule has 0 unspecified atom stereocenters. The van der Waals surface area contributed by atoms with E-state index in [1.807, 2.05) is 12.1 Å². The first-order valence-electron chi connectivity index (χ1n) is 8.71. The second kappa shape index (κ2) is 8.15. The fourth-order valence-electron chi connectivity index (χ4n) is 2.95. The zero-order valence-electron chi connectivity index (χ0n) is 14.6. The summed E-state index contributed by atoms with van der Waals surface area (Å²) >= 11 is 0. The number of hydrogen-bond donors (Lipinski definition) is 0. The van der Waals surface area contributed by atoms with Gasteiger partial charge >= 0.3 is 0 Å². The van der Waals surface area contributed by atoms with Crippen molar-refractivity contribution in [1.82, 2.24) is 15.0 Å². The van der Waals surface area contributed by atoms with Gasteiger partial charge in [0, 0.05) is 44.4 Å². The molecule has 2 aromatic rings. The molecule has 6 nitrogen and oxygen atoms in total. The van der Waals surface area contributed by atoms with E-state index < -0.39 is 0 Å². The summed E-state index contributed by atoms with van der Waals surface area (Å²) in [6, 6.07) is 8.24. The van der Waals surface area contributed by atoms with E-state index in [4.69, 9.17) is 9.26 Å². The molecule has 1 aliphatic heterocycles. The number of hydrogen-bond acceptors (Lipinski definition) is 6. The van der Waals surface area contributed by atoms with Gasteiger partial charge in [-0.2, -0.15) is 4.98 Å². The van der Waals surface area contributed by atoms with Crippen molar-refractivity contribution < 1.29 is 9.26 Å². The van der Waals surface area contributed by atoms with E-state index in [0.717, 1.165) is 69.5 Å². The van der Waals surface area contributed by atoms with Crippen LogP contribution in [0.1, 0.15) is 31.5 Å². The summed E-state index contributed by atoms with van der Waals surface area (Å²) in [6.45, 7) is 6.87. The lowest BCUT2D eigenvalue weighted by Crippen LogP contribution is -2.46. The highest BCUT2D eigenvalue weighted by molar-refractivity contribution is 5.51. The quantitative estimate of drug-likeness (QED) is 0.778. The van der Waals surface area contributed by atoms with E-state index >= 15 is 0 Å². The molecular weight excluding hydrogens is 304 g/mol. The molecule has 2 heterocycles. The van der Waals surface area contributed by atoms with Gasteiger partial charge in [0.25, 0.3) is 0 Å². The molecule has 1 saturated heterocycles. The topological polar surface area (TPSA) is 54.6 Å². The number of piperazine rings is 1. The van der Waals surface area contributed by atoms with Crippen molar-refractivity contribution >= 4 is 5.69 Å². The largest absolute Gasteiger partial charge is 0.497 e. The number of methoxy groups -OCH3 is 1. The SMILES string of the molecule is CCCCc1noc(CN2CCN(c3cccc(OC)c3)CC2)n1. The second-order valence-corrected chi connectivity index (χ2v) is 6.17. The number of rotatable bonds is 7. The Kier molecular flexibility index (Phi) is 5.69. The summed E-state index contributed by atoms with van der Waals surface area (Å²) < 4.78 is 10.7. The molecule has 0 atom stereocenters. The van der Waals surface area contributed by atoms with Gasteiger partial charge in [0.05, 0.1) is 13.7 Å². The van der Waals surface area contributed by atoms with Gasteiger partial charge in [-0.3, -0.25) is 4.90 Å². The minimum Gasteiger partial charge on any atom is -0.497 e. The molecule has 1 aromatic heterocycles. The molecule has 0 amide bonds. The lowest BCUT2D eigenvalue weighted by Gasteiger charge is -2.35. The molecule has 3 rings (SSSR count). The minimum atomic E-state index is 0.732. The molecule has 0 radical (unpaired) electrons. The maximum Gasteiger partial charge on any atom is 0.240 e. The molecule has 0 aliphatic carbocycles. The Morgan fingerprint density at radius 2 is 2.04 bits per heavy atom. The average molecular weight is 330 g/mol. The van der Waals surface area contributed by atoms with Gasteiger partial charge in [0.15, 0.2) is 5.82 Å². The van der Waals surface area contributed by atoms with Crippen LogP contribution >= 0.6 is 0 Å². The van der Waals surface area contributed by atoms with Gasteiger partial charge in [-0.15, -0.1) is 0 Å². The maximum absolute atomic E-state index is 5.37. The van der Waals surface area contributed by atoms with Crippen molar-refractivity contribution in [2.45, 2.75) is 32.7 Å². The maximum atomic E-state index is 5.37. The fourth-order valence-corrected chi connectivity index (χ4v) is 2.95. The van der Waals surface area contributed by atoms with Gasteiger partial charge in [0.1, 0.15) is 5.75 Å². The van der Waals surface area contributed by atoms with Gasteiger partial charge < -0.3 is 14.2 Å². The number of aromatic nitrogens is 2. The molecule has 0 bridgehead atoms. The monoisotopic (exact) mass is 330 g/mol. The lowest BCUT2D eigenvalue weighted by atomic mass is 10.2. The molecule has 0 spiro atoms. The zero-order valence-corrected chi connectivity index (χ0v) is 14.6. The van der Waals surface area contributed by atoms with Crippen molar-refractivity contribution in [2.75, 3.05) is 38.2 Å². The Hall–Kier alpha value is -2.08. The third-order valence-electron chi connectivity index (χ3n) is 4.41. The molecule has 6 heteroatoms. The summed E-state index contributed by atoms with van der Waals surface area (Å²) in [7, 11) is 1.70. The molecule has 0 N–H and O–H groups in total. The Labute approximate surface area is 143 Å². The molecule has 0 saturated carbocycles. The summed E-state index contributed by atoms with van der Waals surface area (Å²) in [5.74, 6) is 2.47. The van der Waals surface area contributed by atoms with Crippen LogP contribution in [-0.4, -0.2) is 48.3 Å². The highest BCUT2D eigenvalue weighted by atomic mass is 16.5. The van der Waals surface area contributed by atoms with Crippen molar-refractivity contribution in [1.29, 1.82) is 0 Å². The molecule has 130 valence electrons. The molecule has 1 aliphatic rings.